The number of aromatic nitrogens is 3. The maximum absolute atomic E-state index is 5.84. The molecule has 5 nitrogen and oxygen atoms in total. The third-order valence-electron chi connectivity index (χ3n) is 4.70. The Labute approximate surface area is 115 Å². The predicted octanol–water partition coefficient (Wildman–Crippen LogP) is 2.06. The lowest BCUT2D eigenvalue weighted by molar-refractivity contribution is -0.128. The van der Waals surface area contributed by atoms with Crippen molar-refractivity contribution < 1.29 is 4.74 Å². The summed E-state index contributed by atoms with van der Waals surface area (Å²) in [7, 11) is 1.98. The molecular weight excluding hydrogens is 240 g/mol. The zero-order chi connectivity index (χ0) is 14.0. The van der Waals surface area contributed by atoms with Gasteiger partial charge in [-0.1, -0.05) is 13.8 Å². The average Bonchev–Trinajstić information content (AvgIpc) is 2.82. The first kappa shape index (κ1) is 14.5. The maximum Gasteiger partial charge on any atom is 0.149 e. The first-order chi connectivity index (χ1) is 9.02. The van der Waals surface area contributed by atoms with E-state index in [9.17, 15) is 0 Å². The van der Waals surface area contributed by atoms with Crippen LogP contribution >= 0.6 is 0 Å². The molecule has 1 N–H and O–H groups in total. The molecular formula is C14H26N4O. The molecule has 1 aromatic heterocycles. The summed E-state index contributed by atoms with van der Waals surface area (Å²) in [5.74, 6) is 0.985. The van der Waals surface area contributed by atoms with Crippen molar-refractivity contribution in [3.63, 3.8) is 0 Å². The molecule has 1 saturated carbocycles. The van der Waals surface area contributed by atoms with Crippen molar-refractivity contribution in [1.29, 1.82) is 0 Å². The average molecular weight is 266 g/mol. The molecule has 1 aliphatic rings. The zero-order valence-corrected chi connectivity index (χ0v) is 12.7. The molecule has 108 valence electrons. The quantitative estimate of drug-likeness (QED) is 0.856. The van der Waals surface area contributed by atoms with Crippen LogP contribution in [0.15, 0.2) is 6.33 Å². The van der Waals surface area contributed by atoms with E-state index in [1.54, 1.807) is 6.33 Å². The van der Waals surface area contributed by atoms with Gasteiger partial charge in [-0.2, -0.15) is 0 Å². The highest BCUT2D eigenvalue weighted by molar-refractivity contribution is 5.07. The molecule has 1 aliphatic carbocycles. The van der Waals surface area contributed by atoms with E-state index < -0.39 is 0 Å². The van der Waals surface area contributed by atoms with E-state index in [4.69, 9.17) is 4.74 Å². The maximum atomic E-state index is 5.84. The number of hydrogen-bond acceptors (Lipinski definition) is 4. The van der Waals surface area contributed by atoms with Gasteiger partial charge in [-0.25, -0.2) is 0 Å². The minimum absolute atomic E-state index is 0.214. The minimum atomic E-state index is 0.214. The van der Waals surface area contributed by atoms with E-state index in [2.05, 4.69) is 43.2 Å². The van der Waals surface area contributed by atoms with E-state index >= 15 is 0 Å². The molecule has 0 radical (unpaired) electrons. The van der Waals surface area contributed by atoms with Crippen LogP contribution < -0.4 is 5.32 Å². The molecule has 2 rings (SSSR count). The van der Waals surface area contributed by atoms with Crippen LogP contribution in [-0.2, 0) is 11.8 Å². The number of aryl methyl sites for hydroxylation is 1. The van der Waals surface area contributed by atoms with Gasteiger partial charge in [-0.3, -0.25) is 0 Å². The summed E-state index contributed by atoms with van der Waals surface area (Å²) < 4.78 is 7.81. The molecule has 0 saturated heterocycles. The van der Waals surface area contributed by atoms with Gasteiger partial charge in [0.15, 0.2) is 0 Å². The third-order valence-corrected chi connectivity index (χ3v) is 4.70. The van der Waals surface area contributed by atoms with E-state index in [0.29, 0.717) is 12.1 Å². The summed E-state index contributed by atoms with van der Waals surface area (Å²) in [5, 5.41) is 11.8. The van der Waals surface area contributed by atoms with Crippen molar-refractivity contribution in [2.75, 3.05) is 6.61 Å². The highest BCUT2D eigenvalue weighted by Crippen LogP contribution is 2.46. The van der Waals surface area contributed by atoms with Crippen molar-refractivity contribution in [3.05, 3.63) is 12.2 Å². The van der Waals surface area contributed by atoms with Crippen LogP contribution in [0, 0.1) is 5.41 Å². The topological polar surface area (TPSA) is 52.0 Å². The summed E-state index contributed by atoms with van der Waals surface area (Å²) in [4.78, 5) is 0. The first-order valence-electron chi connectivity index (χ1n) is 7.24. The number of ether oxygens (including phenoxy) is 1. The van der Waals surface area contributed by atoms with Crippen LogP contribution in [0.4, 0.5) is 0 Å². The van der Waals surface area contributed by atoms with Gasteiger partial charge in [0.2, 0.25) is 0 Å². The van der Waals surface area contributed by atoms with Gasteiger partial charge in [0, 0.05) is 25.1 Å². The van der Waals surface area contributed by atoms with E-state index in [-0.39, 0.29) is 11.5 Å². The van der Waals surface area contributed by atoms with Crippen molar-refractivity contribution in [2.24, 2.45) is 12.5 Å². The first-order valence-corrected chi connectivity index (χ1v) is 7.24. The Kier molecular flexibility index (Phi) is 4.26. The number of hydrogen-bond donors (Lipinski definition) is 1. The van der Waals surface area contributed by atoms with Gasteiger partial charge < -0.3 is 14.6 Å². The number of rotatable bonds is 6. The van der Waals surface area contributed by atoms with Crippen LogP contribution in [0.3, 0.4) is 0 Å². The Hall–Kier alpha value is -0.940. The van der Waals surface area contributed by atoms with Gasteiger partial charge in [0.25, 0.3) is 0 Å². The molecule has 5 heteroatoms. The standard InChI is InChI=1S/C14H26N4O/c1-6-14(4)11(8-12(14)19-7-2)16-10(3)13-17-15-9-18(13)5/h9-12,16H,6-8H2,1-5H3. The van der Waals surface area contributed by atoms with Crippen molar-refractivity contribution >= 4 is 0 Å². The lowest BCUT2D eigenvalue weighted by Crippen LogP contribution is -2.62. The number of nitrogens with zero attached hydrogens (tertiary/aromatic N) is 3. The third kappa shape index (κ3) is 2.54. The fourth-order valence-corrected chi connectivity index (χ4v) is 3.07. The summed E-state index contributed by atoms with van der Waals surface area (Å²) >= 11 is 0. The number of nitrogens with one attached hydrogen (secondary N) is 1. The largest absolute Gasteiger partial charge is 0.378 e. The van der Waals surface area contributed by atoms with Gasteiger partial charge in [0.1, 0.15) is 12.2 Å². The summed E-state index contributed by atoms with van der Waals surface area (Å²) in [6.45, 7) is 9.57. The van der Waals surface area contributed by atoms with Crippen molar-refractivity contribution in [3.8, 4) is 0 Å². The van der Waals surface area contributed by atoms with Crippen LogP contribution in [0.25, 0.3) is 0 Å². The monoisotopic (exact) mass is 266 g/mol. The predicted molar refractivity (Wildman–Crippen MR) is 74.8 cm³/mol. The van der Waals surface area contributed by atoms with Crippen LogP contribution in [0.5, 0.6) is 0 Å². The SMILES string of the molecule is CCOC1CC(NC(C)c2nncn2C)C1(C)CC. The summed E-state index contributed by atoms with van der Waals surface area (Å²) in [6, 6.07) is 0.701. The van der Waals surface area contributed by atoms with E-state index in [0.717, 1.165) is 25.3 Å². The van der Waals surface area contributed by atoms with Gasteiger partial charge in [-0.15, -0.1) is 10.2 Å². The Morgan fingerprint density at radius 1 is 1.58 bits per heavy atom. The molecule has 0 aromatic carbocycles. The summed E-state index contributed by atoms with van der Waals surface area (Å²) in [6.07, 6.45) is 4.34. The molecule has 1 fully saturated rings. The van der Waals surface area contributed by atoms with Crippen LogP contribution in [0.2, 0.25) is 0 Å². The smallest absolute Gasteiger partial charge is 0.149 e. The molecule has 0 aliphatic heterocycles. The Morgan fingerprint density at radius 3 is 2.84 bits per heavy atom. The van der Waals surface area contributed by atoms with E-state index in [1.165, 1.54) is 0 Å². The van der Waals surface area contributed by atoms with Crippen molar-refractivity contribution in [2.45, 2.75) is 58.7 Å². The molecule has 19 heavy (non-hydrogen) atoms. The molecule has 1 heterocycles. The second-order valence-corrected chi connectivity index (χ2v) is 5.78. The minimum Gasteiger partial charge on any atom is -0.378 e. The highest BCUT2D eigenvalue weighted by Gasteiger charge is 2.51. The molecule has 1 aromatic rings. The molecule has 0 bridgehead atoms. The van der Waals surface area contributed by atoms with Gasteiger partial charge in [0.05, 0.1) is 12.1 Å². The Balaban J connectivity index is 1.99. The molecule has 0 amide bonds. The Bertz CT molecular complexity index is 419. The lowest BCUT2D eigenvalue weighted by atomic mass is 9.61. The van der Waals surface area contributed by atoms with Crippen molar-refractivity contribution in [1.82, 2.24) is 20.1 Å². The second kappa shape index (κ2) is 5.59. The molecule has 4 atom stereocenters. The van der Waals surface area contributed by atoms with Crippen LogP contribution in [0.1, 0.15) is 52.4 Å². The molecule has 4 unspecified atom stereocenters. The molecule has 0 spiro atoms. The van der Waals surface area contributed by atoms with E-state index in [1.807, 2.05) is 11.6 Å². The zero-order valence-electron chi connectivity index (χ0n) is 12.7. The summed E-state index contributed by atoms with van der Waals surface area (Å²) in [5.41, 5.74) is 0.225. The Morgan fingerprint density at radius 2 is 2.32 bits per heavy atom. The fraction of sp³-hybridized carbons (Fsp3) is 0.857. The second-order valence-electron chi connectivity index (χ2n) is 5.78. The fourth-order valence-electron chi connectivity index (χ4n) is 3.07. The lowest BCUT2D eigenvalue weighted by Gasteiger charge is -2.54. The highest BCUT2D eigenvalue weighted by atomic mass is 16.5. The van der Waals surface area contributed by atoms with Gasteiger partial charge >= 0.3 is 0 Å². The van der Waals surface area contributed by atoms with Gasteiger partial charge in [-0.05, 0) is 26.7 Å². The normalized spacial score (nSPS) is 32.1. The van der Waals surface area contributed by atoms with Crippen LogP contribution in [-0.4, -0.2) is 33.5 Å².